The van der Waals surface area contributed by atoms with Crippen LogP contribution in [-0.4, -0.2) is 45.9 Å². The molecule has 0 aromatic heterocycles. The molecular weight excluding hydrogens is 362 g/mol. The average Bonchev–Trinajstić information content (AvgIpc) is 3.17. The molecule has 3 rings (SSSR count). The number of likely N-dealkylation sites (tertiary alicyclic amines) is 1. The highest BCUT2D eigenvalue weighted by molar-refractivity contribution is 7.92. The summed E-state index contributed by atoms with van der Waals surface area (Å²) in [5.74, 6) is 0.162. The van der Waals surface area contributed by atoms with Crippen LogP contribution in [0.1, 0.15) is 22.3 Å². The van der Waals surface area contributed by atoms with Crippen LogP contribution in [0, 0.1) is 12.8 Å². The number of sulfonamides is 1. The standard InChI is InChI=1S/C20H25N3O3S/c1-15-6-8-18(9-7-15)22(2)27(25,26)19-5-3-4-17(12-19)20(24)23-11-10-16(13-21)14-23/h3-9,12,16H,10-11,13-14,21H2,1-2H3. The first kappa shape index (κ1) is 19.4. The van der Waals surface area contributed by atoms with Gasteiger partial charge in [0.25, 0.3) is 15.9 Å². The van der Waals surface area contributed by atoms with E-state index >= 15 is 0 Å². The Bertz CT molecular complexity index is 926. The Morgan fingerprint density at radius 2 is 1.93 bits per heavy atom. The van der Waals surface area contributed by atoms with Crippen molar-refractivity contribution in [2.45, 2.75) is 18.2 Å². The molecule has 0 radical (unpaired) electrons. The molecule has 27 heavy (non-hydrogen) atoms. The fourth-order valence-electron chi connectivity index (χ4n) is 3.23. The summed E-state index contributed by atoms with van der Waals surface area (Å²) in [6.07, 6.45) is 0.885. The molecule has 144 valence electrons. The monoisotopic (exact) mass is 387 g/mol. The van der Waals surface area contributed by atoms with E-state index in [0.29, 0.717) is 36.8 Å². The van der Waals surface area contributed by atoms with Gasteiger partial charge in [-0.2, -0.15) is 0 Å². The Morgan fingerprint density at radius 1 is 1.22 bits per heavy atom. The molecule has 1 fully saturated rings. The summed E-state index contributed by atoms with van der Waals surface area (Å²) < 4.78 is 27.2. The molecule has 1 aliphatic rings. The first-order chi connectivity index (χ1) is 12.8. The molecule has 0 spiro atoms. The van der Waals surface area contributed by atoms with E-state index in [1.54, 1.807) is 29.2 Å². The van der Waals surface area contributed by atoms with Crippen LogP contribution in [0.25, 0.3) is 0 Å². The fraction of sp³-hybridized carbons (Fsp3) is 0.350. The van der Waals surface area contributed by atoms with Crippen LogP contribution in [0.15, 0.2) is 53.4 Å². The minimum Gasteiger partial charge on any atom is -0.338 e. The zero-order chi connectivity index (χ0) is 19.6. The van der Waals surface area contributed by atoms with E-state index in [4.69, 9.17) is 5.73 Å². The average molecular weight is 388 g/mol. The lowest BCUT2D eigenvalue weighted by molar-refractivity contribution is 0.0787. The minimum atomic E-state index is -3.76. The topological polar surface area (TPSA) is 83.7 Å². The maximum atomic E-state index is 13.0. The molecule has 2 aromatic rings. The number of carbonyl (C=O) groups is 1. The molecule has 1 heterocycles. The van der Waals surface area contributed by atoms with Crippen LogP contribution < -0.4 is 10.0 Å². The second-order valence-electron chi connectivity index (χ2n) is 6.98. The van der Waals surface area contributed by atoms with Gasteiger partial charge in [0.05, 0.1) is 10.6 Å². The maximum Gasteiger partial charge on any atom is 0.264 e. The third kappa shape index (κ3) is 3.99. The molecule has 2 N–H and O–H groups in total. The lowest BCUT2D eigenvalue weighted by Gasteiger charge is -2.21. The number of rotatable bonds is 5. The predicted molar refractivity (Wildman–Crippen MR) is 106 cm³/mol. The van der Waals surface area contributed by atoms with Crippen molar-refractivity contribution in [1.29, 1.82) is 0 Å². The summed E-state index contributed by atoms with van der Waals surface area (Å²) in [7, 11) is -2.24. The largest absolute Gasteiger partial charge is 0.338 e. The quantitative estimate of drug-likeness (QED) is 0.853. The van der Waals surface area contributed by atoms with Crippen molar-refractivity contribution >= 4 is 21.6 Å². The lowest BCUT2D eigenvalue weighted by Crippen LogP contribution is -2.30. The Morgan fingerprint density at radius 3 is 2.56 bits per heavy atom. The van der Waals surface area contributed by atoms with Gasteiger partial charge in [-0.1, -0.05) is 23.8 Å². The molecule has 1 aliphatic heterocycles. The number of nitrogens with two attached hydrogens (primary N) is 1. The van der Waals surface area contributed by atoms with E-state index in [1.807, 2.05) is 19.1 Å². The normalized spacial score (nSPS) is 17.1. The van der Waals surface area contributed by atoms with Crippen LogP contribution in [0.2, 0.25) is 0 Å². The lowest BCUT2D eigenvalue weighted by atomic mass is 10.1. The number of nitrogens with zero attached hydrogens (tertiary/aromatic N) is 2. The summed E-state index contributed by atoms with van der Waals surface area (Å²) in [4.78, 5) is 14.6. The number of carbonyl (C=O) groups excluding carboxylic acids is 1. The van der Waals surface area contributed by atoms with Gasteiger partial charge in [-0.15, -0.1) is 0 Å². The Balaban J connectivity index is 1.85. The first-order valence-electron chi connectivity index (χ1n) is 8.98. The highest BCUT2D eigenvalue weighted by Gasteiger charge is 2.27. The molecule has 1 unspecified atom stereocenters. The molecular formula is C20H25N3O3S. The van der Waals surface area contributed by atoms with Gasteiger partial charge in [0.15, 0.2) is 0 Å². The van der Waals surface area contributed by atoms with Gasteiger partial charge >= 0.3 is 0 Å². The number of anilines is 1. The minimum absolute atomic E-state index is 0.103. The highest BCUT2D eigenvalue weighted by Crippen LogP contribution is 2.24. The van der Waals surface area contributed by atoms with Crippen LogP contribution >= 0.6 is 0 Å². The molecule has 0 aliphatic carbocycles. The van der Waals surface area contributed by atoms with E-state index < -0.39 is 10.0 Å². The smallest absolute Gasteiger partial charge is 0.264 e. The second-order valence-corrected chi connectivity index (χ2v) is 8.95. The predicted octanol–water partition coefficient (Wildman–Crippen LogP) is 2.24. The van der Waals surface area contributed by atoms with Crippen molar-refractivity contribution in [1.82, 2.24) is 4.90 Å². The van der Waals surface area contributed by atoms with Gasteiger partial charge in [0.1, 0.15) is 0 Å². The van der Waals surface area contributed by atoms with Gasteiger partial charge in [0, 0.05) is 25.7 Å². The molecule has 6 nitrogen and oxygen atoms in total. The van der Waals surface area contributed by atoms with Crippen LogP contribution in [-0.2, 0) is 10.0 Å². The molecule has 0 saturated carbocycles. The van der Waals surface area contributed by atoms with Gasteiger partial charge in [-0.25, -0.2) is 8.42 Å². The summed E-state index contributed by atoms with van der Waals surface area (Å²) in [5, 5.41) is 0. The number of amides is 1. The van der Waals surface area contributed by atoms with E-state index in [2.05, 4.69) is 0 Å². The Kier molecular flexibility index (Phi) is 5.53. The fourth-order valence-corrected chi connectivity index (χ4v) is 4.48. The Labute approximate surface area is 160 Å². The van der Waals surface area contributed by atoms with Crippen molar-refractivity contribution in [2.24, 2.45) is 11.7 Å². The molecule has 0 bridgehead atoms. The highest BCUT2D eigenvalue weighted by atomic mass is 32.2. The van der Waals surface area contributed by atoms with Gasteiger partial charge in [-0.3, -0.25) is 9.10 Å². The van der Waals surface area contributed by atoms with E-state index in [9.17, 15) is 13.2 Å². The second kappa shape index (κ2) is 7.70. The molecule has 1 amide bonds. The maximum absolute atomic E-state index is 13.0. The SMILES string of the molecule is Cc1ccc(N(C)S(=O)(=O)c2cccc(C(=O)N3CCC(CN)C3)c2)cc1. The number of hydrogen-bond acceptors (Lipinski definition) is 4. The molecule has 7 heteroatoms. The number of hydrogen-bond donors (Lipinski definition) is 1. The van der Waals surface area contributed by atoms with E-state index in [-0.39, 0.29) is 10.8 Å². The molecule has 1 saturated heterocycles. The van der Waals surface area contributed by atoms with Crippen LogP contribution in [0.5, 0.6) is 0 Å². The molecule has 1 atom stereocenters. The summed E-state index contributed by atoms with van der Waals surface area (Å²) in [6.45, 7) is 3.77. The van der Waals surface area contributed by atoms with E-state index in [1.165, 1.54) is 23.5 Å². The number of aryl methyl sites for hydroxylation is 1. The van der Waals surface area contributed by atoms with E-state index in [0.717, 1.165) is 12.0 Å². The van der Waals surface area contributed by atoms with Crippen molar-refractivity contribution in [2.75, 3.05) is 31.0 Å². The van der Waals surface area contributed by atoms with Gasteiger partial charge in [0.2, 0.25) is 0 Å². The summed E-state index contributed by atoms with van der Waals surface area (Å²) in [5.41, 5.74) is 7.70. The zero-order valence-electron chi connectivity index (χ0n) is 15.6. The van der Waals surface area contributed by atoms with Crippen molar-refractivity contribution in [3.05, 3.63) is 59.7 Å². The summed E-state index contributed by atoms with van der Waals surface area (Å²) in [6, 6.07) is 13.5. The van der Waals surface area contributed by atoms with Crippen LogP contribution in [0.3, 0.4) is 0 Å². The van der Waals surface area contributed by atoms with Crippen molar-refractivity contribution in [3.63, 3.8) is 0 Å². The first-order valence-corrected chi connectivity index (χ1v) is 10.4. The third-order valence-corrected chi connectivity index (χ3v) is 6.82. The van der Waals surface area contributed by atoms with Crippen molar-refractivity contribution < 1.29 is 13.2 Å². The van der Waals surface area contributed by atoms with Gasteiger partial charge < -0.3 is 10.6 Å². The van der Waals surface area contributed by atoms with Crippen molar-refractivity contribution in [3.8, 4) is 0 Å². The molecule has 2 aromatic carbocycles. The number of benzene rings is 2. The Hall–Kier alpha value is -2.38. The zero-order valence-corrected chi connectivity index (χ0v) is 16.4. The third-order valence-electron chi connectivity index (χ3n) is 5.04. The van der Waals surface area contributed by atoms with Gasteiger partial charge in [-0.05, 0) is 56.1 Å². The van der Waals surface area contributed by atoms with Crippen LogP contribution in [0.4, 0.5) is 5.69 Å². The summed E-state index contributed by atoms with van der Waals surface area (Å²) >= 11 is 0.